The van der Waals surface area contributed by atoms with Crippen LogP contribution in [0.4, 0.5) is 0 Å². The Morgan fingerprint density at radius 3 is 2.88 bits per heavy atom. The van der Waals surface area contributed by atoms with Gasteiger partial charge in [-0.25, -0.2) is 0 Å². The van der Waals surface area contributed by atoms with Gasteiger partial charge in [-0.15, -0.1) is 0 Å². The second-order valence-corrected chi connectivity index (χ2v) is 4.99. The predicted octanol–water partition coefficient (Wildman–Crippen LogP) is 1.70. The summed E-state index contributed by atoms with van der Waals surface area (Å²) in [6, 6.07) is 4.97. The molecule has 0 bridgehead atoms. The first-order chi connectivity index (χ1) is 8.34. The maximum atomic E-state index is 4.04. The molecule has 0 spiro atoms. The molecule has 3 heteroatoms. The number of pyridine rings is 1. The fourth-order valence-electron chi connectivity index (χ4n) is 2.36. The van der Waals surface area contributed by atoms with Gasteiger partial charge in [0.15, 0.2) is 0 Å². The topological polar surface area (TPSA) is 28.2 Å². The first-order valence-corrected chi connectivity index (χ1v) is 6.65. The molecular formula is C14H23N3. The van der Waals surface area contributed by atoms with Gasteiger partial charge < -0.3 is 10.2 Å². The summed E-state index contributed by atoms with van der Waals surface area (Å²) < 4.78 is 0. The minimum atomic E-state index is 0.762. The van der Waals surface area contributed by atoms with Crippen molar-refractivity contribution < 1.29 is 0 Å². The van der Waals surface area contributed by atoms with Gasteiger partial charge in [0.05, 0.1) is 0 Å². The molecule has 1 fully saturated rings. The molecule has 1 aromatic rings. The van der Waals surface area contributed by atoms with Crippen molar-refractivity contribution in [3.63, 3.8) is 0 Å². The molecule has 1 saturated heterocycles. The first-order valence-electron chi connectivity index (χ1n) is 6.65. The Bertz CT molecular complexity index is 307. The van der Waals surface area contributed by atoms with Crippen LogP contribution in [0, 0.1) is 0 Å². The Kier molecular flexibility index (Phi) is 4.95. The molecule has 1 aromatic heterocycles. The van der Waals surface area contributed by atoms with Gasteiger partial charge in [0.25, 0.3) is 0 Å². The van der Waals surface area contributed by atoms with Crippen LogP contribution in [-0.4, -0.2) is 42.6 Å². The molecule has 0 aromatic carbocycles. The summed E-state index contributed by atoms with van der Waals surface area (Å²) >= 11 is 0. The molecular weight excluding hydrogens is 210 g/mol. The highest BCUT2D eigenvalue weighted by molar-refractivity contribution is 5.09. The number of nitrogens with one attached hydrogen (secondary N) is 1. The third-order valence-electron chi connectivity index (χ3n) is 3.55. The zero-order valence-electron chi connectivity index (χ0n) is 10.7. The smallest absolute Gasteiger partial charge is 0.0270 e. The molecule has 2 rings (SSSR count). The molecule has 1 aliphatic heterocycles. The van der Waals surface area contributed by atoms with Gasteiger partial charge in [0.2, 0.25) is 0 Å². The minimum absolute atomic E-state index is 0.762. The highest BCUT2D eigenvalue weighted by Crippen LogP contribution is 2.09. The average molecular weight is 233 g/mol. The van der Waals surface area contributed by atoms with E-state index in [4.69, 9.17) is 0 Å². The van der Waals surface area contributed by atoms with Crippen molar-refractivity contribution in [2.45, 2.75) is 31.7 Å². The lowest BCUT2D eigenvalue weighted by molar-refractivity contribution is 0.316. The SMILES string of the molecule is CN(CCc1ccncc1)CCC1CCCN1. The summed E-state index contributed by atoms with van der Waals surface area (Å²) in [4.78, 5) is 6.47. The first kappa shape index (κ1) is 12.5. The average Bonchev–Trinajstić information content (AvgIpc) is 2.88. The number of hydrogen-bond acceptors (Lipinski definition) is 3. The zero-order valence-corrected chi connectivity index (χ0v) is 10.7. The standard InChI is InChI=1S/C14H23N3/c1-17(12-7-14-3-2-8-16-14)11-6-13-4-9-15-10-5-13/h4-5,9-10,14,16H,2-3,6-8,11-12H2,1H3. The highest BCUT2D eigenvalue weighted by atomic mass is 15.1. The largest absolute Gasteiger partial charge is 0.314 e. The molecule has 1 aliphatic rings. The lowest BCUT2D eigenvalue weighted by Gasteiger charge is -2.19. The van der Waals surface area contributed by atoms with Gasteiger partial charge in [-0.1, -0.05) is 0 Å². The molecule has 17 heavy (non-hydrogen) atoms. The molecule has 0 saturated carbocycles. The summed E-state index contributed by atoms with van der Waals surface area (Å²) in [6.07, 6.45) is 8.86. The van der Waals surface area contributed by atoms with Gasteiger partial charge in [-0.3, -0.25) is 4.98 Å². The van der Waals surface area contributed by atoms with Crippen LogP contribution in [0.1, 0.15) is 24.8 Å². The van der Waals surface area contributed by atoms with Crippen molar-refractivity contribution >= 4 is 0 Å². The number of hydrogen-bond donors (Lipinski definition) is 1. The van der Waals surface area contributed by atoms with Crippen molar-refractivity contribution in [3.8, 4) is 0 Å². The van der Waals surface area contributed by atoms with Gasteiger partial charge in [0.1, 0.15) is 0 Å². The van der Waals surface area contributed by atoms with Crippen molar-refractivity contribution in [3.05, 3.63) is 30.1 Å². The van der Waals surface area contributed by atoms with Crippen LogP contribution < -0.4 is 5.32 Å². The van der Waals surface area contributed by atoms with Crippen LogP contribution in [0.15, 0.2) is 24.5 Å². The molecule has 0 radical (unpaired) electrons. The fraction of sp³-hybridized carbons (Fsp3) is 0.643. The molecule has 2 heterocycles. The van der Waals surface area contributed by atoms with E-state index in [0.29, 0.717) is 0 Å². The predicted molar refractivity (Wildman–Crippen MR) is 71.1 cm³/mol. The van der Waals surface area contributed by atoms with Gasteiger partial charge in [-0.05, 0) is 63.5 Å². The maximum Gasteiger partial charge on any atom is 0.0270 e. The van der Waals surface area contributed by atoms with Crippen LogP contribution >= 0.6 is 0 Å². The second kappa shape index (κ2) is 6.72. The van der Waals surface area contributed by atoms with Crippen LogP contribution in [0.5, 0.6) is 0 Å². The molecule has 0 amide bonds. The lowest BCUT2D eigenvalue weighted by atomic mass is 10.1. The number of aromatic nitrogens is 1. The summed E-state index contributed by atoms with van der Waals surface area (Å²) in [5, 5.41) is 3.55. The fourth-order valence-corrected chi connectivity index (χ4v) is 2.36. The van der Waals surface area contributed by atoms with Crippen molar-refractivity contribution in [1.29, 1.82) is 0 Å². The van der Waals surface area contributed by atoms with E-state index in [9.17, 15) is 0 Å². The zero-order chi connectivity index (χ0) is 11.9. The molecule has 3 nitrogen and oxygen atoms in total. The van der Waals surface area contributed by atoms with Crippen LogP contribution in [0.3, 0.4) is 0 Å². The number of nitrogens with zero attached hydrogens (tertiary/aromatic N) is 2. The molecule has 1 unspecified atom stereocenters. The summed E-state index contributed by atoms with van der Waals surface area (Å²) in [7, 11) is 2.22. The van der Waals surface area contributed by atoms with E-state index in [1.807, 2.05) is 12.4 Å². The molecule has 0 aliphatic carbocycles. The van der Waals surface area contributed by atoms with E-state index in [0.717, 1.165) is 19.0 Å². The summed E-state index contributed by atoms with van der Waals surface area (Å²) in [5.74, 6) is 0. The second-order valence-electron chi connectivity index (χ2n) is 4.99. The Morgan fingerprint density at radius 1 is 1.35 bits per heavy atom. The molecule has 1 atom stereocenters. The normalized spacial score (nSPS) is 20.0. The Morgan fingerprint density at radius 2 is 2.18 bits per heavy atom. The van der Waals surface area contributed by atoms with Gasteiger partial charge in [0, 0.05) is 25.0 Å². The molecule has 94 valence electrons. The maximum absolute atomic E-state index is 4.04. The van der Waals surface area contributed by atoms with Gasteiger partial charge >= 0.3 is 0 Å². The Balaban J connectivity index is 1.62. The van der Waals surface area contributed by atoms with Crippen molar-refractivity contribution in [1.82, 2.24) is 15.2 Å². The van der Waals surface area contributed by atoms with Crippen molar-refractivity contribution in [2.24, 2.45) is 0 Å². The summed E-state index contributed by atoms with van der Waals surface area (Å²) in [5.41, 5.74) is 1.38. The third-order valence-corrected chi connectivity index (χ3v) is 3.55. The van der Waals surface area contributed by atoms with Crippen LogP contribution in [0.2, 0.25) is 0 Å². The minimum Gasteiger partial charge on any atom is -0.314 e. The summed E-state index contributed by atoms with van der Waals surface area (Å²) in [6.45, 7) is 3.55. The van der Waals surface area contributed by atoms with Gasteiger partial charge in [-0.2, -0.15) is 0 Å². The van der Waals surface area contributed by atoms with E-state index in [2.05, 4.69) is 34.4 Å². The Labute approximate surface area is 104 Å². The van der Waals surface area contributed by atoms with Crippen molar-refractivity contribution in [2.75, 3.05) is 26.7 Å². The number of likely N-dealkylation sites (N-methyl/N-ethyl adjacent to an activating group) is 1. The molecule has 1 N–H and O–H groups in total. The van der Waals surface area contributed by atoms with Crippen LogP contribution in [0.25, 0.3) is 0 Å². The van der Waals surface area contributed by atoms with E-state index in [-0.39, 0.29) is 0 Å². The Hall–Kier alpha value is -0.930. The monoisotopic (exact) mass is 233 g/mol. The van der Waals surface area contributed by atoms with E-state index < -0.39 is 0 Å². The number of rotatable bonds is 6. The van der Waals surface area contributed by atoms with E-state index in [1.54, 1.807) is 0 Å². The van der Waals surface area contributed by atoms with Crippen LogP contribution in [-0.2, 0) is 6.42 Å². The van der Waals surface area contributed by atoms with E-state index >= 15 is 0 Å². The quantitative estimate of drug-likeness (QED) is 0.810. The highest BCUT2D eigenvalue weighted by Gasteiger charge is 2.13. The lowest BCUT2D eigenvalue weighted by Crippen LogP contribution is -2.29. The van der Waals surface area contributed by atoms with E-state index in [1.165, 1.54) is 37.9 Å². The third kappa shape index (κ3) is 4.44.